The van der Waals surface area contributed by atoms with Crippen molar-refractivity contribution in [3.05, 3.63) is 71.1 Å². The molecule has 0 aliphatic carbocycles. The largest absolute Gasteiger partial charge is 0.412 e. The van der Waals surface area contributed by atoms with Crippen molar-refractivity contribution in [1.82, 2.24) is 15.1 Å². The van der Waals surface area contributed by atoms with Crippen LogP contribution in [0.15, 0.2) is 59.0 Å². The van der Waals surface area contributed by atoms with Crippen molar-refractivity contribution < 1.29 is 9.21 Å². The molecule has 2 aromatic carbocycles. The molecule has 0 unspecified atom stereocenters. The SMILES string of the molecule is CN(Cc1ccccc1)C(=O)c1nnc(-c2ccccc2Cl)o1. The lowest BCUT2D eigenvalue weighted by Gasteiger charge is -2.14. The van der Waals surface area contributed by atoms with Crippen LogP contribution in [0.5, 0.6) is 0 Å². The normalized spacial score (nSPS) is 10.5. The van der Waals surface area contributed by atoms with Crippen LogP contribution in [0.3, 0.4) is 0 Å². The molecule has 0 aliphatic rings. The number of nitrogens with zero attached hydrogens (tertiary/aromatic N) is 3. The third-order valence-electron chi connectivity index (χ3n) is 3.32. The van der Waals surface area contributed by atoms with Gasteiger partial charge in [-0.15, -0.1) is 10.2 Å². The van der Waals surface area contributed by atoms with Crippen LogP contribution >= 0.6 is 11.6 Å². The Labute approximate surface area is 138 Å². The summed E-state index contributed by atoms with van der Waals surface area (Å²) in [5.74, 6) is -0.162. The van der Waals surface area contributed by atoms with Gasteiger partial charge in [0.15, 0.2) is 0 Å². The summed E-state index contributed by atoms with van der Waals surface area (Å²) < 4.78 is 5.47. The summed E-state index contributed by atoms with van der Waals surface area (Å²) in [6, 6.07) is 16.8. The van der Waals surface area contributed by atoms with E-state index in [9.17, 15) is 4.79 Å². The summed E-state index contributed by atoms with van der Waals surface area (Å²) in [6.45, 7) is 0.462. The first-order valence-corrected chi connectivity index (χ1v) is 7.41. The van der Waals surface area contributed by atoms with Gasteiger partial charge in [-0.2, -0.15) is 0 Å². The molecule has 0 spiro atoms. The van der Waals surface area contributed by atoms with Gasteiger partial charge >= 0.3 is 11.8 Å². The molecular formula is C17H14ClN3O2. The zero-order valence-electron chi connectivity index (χ0n) is 12.4. The monoisotopic (exact) mass is 327 g/mol. The van der Waals surface area contributed by atoms with Crippen molar-refractivity contribution in [2.24, 2.45) is 0 Å². The highest BCUT2D eigenvalue weighted by Crippen LogP contribution is 2.26. The van der Waals surface area contributed by atoms with E-state index in [0.29, 0.717) is 17.1 Å². The third kappa shape index (κ3) is 3.40. The van der Waals surface area contributed by atoms with Crippen molar-refractivity contribution in [3.8, 4) is 11.5 Å². The molecule has 0 saturated carbocycles. The van der Waals surface area contributed by atoms with E-state index in [4.69, 9.17) is 16.0 Å². The Morgan fingerprint density at radius 3 is 2.52 bits per heavy atom. The van der Waals surface area contributed by atoms with Gasteiger partial charge in [0.25, 0.3) is 0 Å². The fourth-order valence-electron chi connectivity index (χ4n) is 2.15. The van der Waals surface area contributed by atoms with E-state index in [1.807, 2.05) is 42.5 Å². The first-order chi connectivity index (χ1) is 11.1. The van der Waals surface area contributed by atoms with E-state index in [-0.39, 0.29) is 17.7 Å². The number of halogens is 1. The number of carbonyl (C=O) groups excluding carboxylic acids is 1. The third-order valence-corrected chi connectivity index (χ3v) is 3.65. The molecule has 0 bridgehead atoms. The fraction of sp³-hybridized carbons (Fsp3) is 0.118. The highest BCUT2D eigenvalue weighted by Gasteiger charge is 2.20. The van der Waals surface area contributed by atoms with Crippen molar-refractivity contribution in [2.75, 3.05) is 7.05 Å². The van der Waals surface area contributed by atoms with Crippen LogP contribution in [0, 0.1) is 0 Å². The standard InChI is InChI=1S/C17H14ClN3O2/c1-21(11-12-7-3-2-4-8-12)17(22)16-20-19-15(23-16)13-9-5-6-10-14(13)18/h2-10H,11H2,1H3. The molecule has 1 heterocycles. The average molecular weight is 328 g/mol. The Morgan fingerprint density at radius 2 is 1.78 bits per heavy atom. The Morgan fingerprint density at radius 1 is 1.09 bits per heavy atom. The Hall–Kier alpha value is -2.66. The van der Waals surface area contributed by atoms with Crippen molar-refractivity contribution in [3.63, 3.8) is 0 Å². The van der Waals surface area contributed by atoms with Gasteiger partial charge in [-0.3, -0.25) is 4.79 Å². The maximum atomic E-state index is 12.4. The lowest BCUT2D eigenvalue weighted by atomic mass is 10.2. The topological polar surface area (TPSA) is 59.2 Å². The van der Waals surface area contributed by atoms with Gasteiger partial charge in [-0.25, -0.2) is 0 Å². The van der Waals surface area contributed by atoms with Gasteiger partial charge in [0, 0.05) is 13.6 Å². The van der Waals surface area contributed by atoms with Crippen LogP contribution in [-0.2, 0) is 6.54 Å². The highest BCUT2D eigenvalue weighted by atomic mass is 35.5. The summed E-state index contributed by atoms with van der Waals surface area (Å²) in [5.41, 5.74) is 1.63. The van der Waals surface area contributed by atoms with Crippen LogP contribution in [0.4, 0.5) is 0 Å². The van der Waals surface area contributed by atoms with E-state index >= 15 is 0 Å². The fourth-order valence-corrected chi connectivity index (χ4v) is 2.36. The predicted molar refractivity (Wildman–Crippen MR) is 87.0 cm³/mol. The van der Waals surface area contributed by atoms with Gasteiger partial charge in [-0.05, 0) is 17.7 Å². The first-order valence-electron chi connectivity index (χ1n) is 7.03. The zero-order valence-corrected chi connectivity index (χ0v) is 13.2. The van der Waals surface area contributed by atoms with Crippen molar-refractivity contribution in [2.45, 2.75) is 6.54 Å². The second-order valence-electron chi connectivity index (χ2n) is 5.04. The molecule has 1 aromatic heterocycles. The number of amides is 1. The summed E-state index contributed by atoms with van der Waals surface area (Å²) in [6.07, 6.45) is 0. The number of rotatable bonds is 4. The van der Waals surface area contributed by atoms with Crippen molar-refractivity contribution in [1.29, 1.82) is 0 Å². The van der Waals surface area contributed by atoms with Gasteiger partial charge in [-0.1, -0.05) is 54.1 Å². The molecule has 1 amide bonds. The average Bonchev–Trinajstić information content (AvgIpc) is 3.05. The summed E-state index contributed by atoms with van der Waals surface area (Å²) in [5, 5.41) is 8.23. The van der Waals surface area contributed by atoms with E-state index in [0.717, 1.165) is 5.56 Å². The summed E-state index contributed by atoms with van der Waals surface area (Å²) >= 11 is 6.09. The minimum absolute atomic E-state index is 0.0571. The number of hydrogen-bond acceptors (Lipinski definition) is 4. The molecule has 0 saturated heterocycles. The summed E-state index contributed by atoms with van der Waals surface area (Å²) in [4.78, 5) is 13.9. The molecule has 6 heteroatoms. The molecule has 5 nitrogen and oxygen atoms in total. The molecule has 23 heavy (non-hydrogen) atoms. The Balaban J connectivity index is 1.77. The molecule has 0 N–H and O–H groups in total. The van der Waals surface area contributed by atoms with E-state index in [1.165, 1.54) is 4.90 Å². The Bertz CT molecular complexity index is 817. The molecule has 116 valence electrons. The van der Waals surface area contributed by atoms with Crippen LogP contribution in [0.25, 0.3) is 11.5 Å². The van der Waals surface area contributed by atoms with E-state index < -0.39 is 0 Å². The van der Waals surface area contributed by atoms with Crippen LogP contribution < -0.4 is 0 Å². The predicted octanol–water partition coefficient (Wildman–Crippen LogP) is 3.66. The number of aromatic nitrogens is 2. The summed E-state index contributed by atoms with van der Waals surface area (Å²) in [7, 11) is 1.69. The molecule has 3 aromatic rings. The Kier molecular flexibility index (Phi) is 4.39. The first kappa shape index (κ1) is 15.2. The molecular weight excluding hydrogens is 314 g/mol. The van der Waals surface area contributed by atoms with Gasteiger partial charge < -0.3 is 9.32 Å². The van der Waals surface area contributed by atoms with Crippen molar-refractivity contribution >= 4 is 17.5 Å². The zero-order chi connectivity index (χ0) is 16.2. The highest BCUT2D eigenvalue weighted by molar-refractivity contribution is 6.33. The second-order valence-corrected chi connectivity index (χ2v) is 5.45. The molecule has 0 radical (unpaired) electrons. The lowest BCUT2D eigenvalue weighted by molar-refractivity contribution is 0.0746. The number of benzene rings is 2. The lowest BCUT2D eigenvalue weighted by Crippen LogP contribution is -2.26. The van der Waals surface area contributed by atoms with Gasteiger partial charge in [0.2, 0.25) is 5.89 Å². The minimum Gasteiger partial charge on any atom is -0.412 e. The second kappa shape index (κ2) is 6.62. The quantitative estimate of drug-likeness (QED) is 0.733. The van der Waals surface area contributed by atoms with Gasteiger partial charge in [0.05, 0.1) is 10.6 Å². The number of hydrogen-bond donors (Lipinski definition) is 0. The van der Waals surface area contributed by atoms with Gasteiger partial charge in [0.1, 0.15) is 0 Å². The maximum Gasteiger partial charge on any atom is 0.311 e. The van der Waals surface area contributed by atoms with E-state index in [2.05, 4.69) is 10.2 Å². The smallest absolute Gasteiger partial charge is 0.311 e. The van der Waals surface area contributed by atoms with Crippen LogP contribution in [0.2, 0.25) is 5.02 Å². The van der Waals surface area contributed by atoms with Crippen LogP contribution in [0.1, 0.15) is 16.2 Å². The molecule has 0 aliphatic heterocycles. The number of carbonyl (C=O) groups is 1. The molecule has 3 rings (SSSR count). The minimum atomic E-state index is -0.334. The van der Waals surface area contributed by atoms with Crippen LogP contribution in [-0.4, -0.2) is 28.1 Å². The van der Waals surface area contributed by atoms with E-state index in [1.54, 1.807) is 19.2 Å². The molecule has 0 atom stereocenters. The molecule has 0 fully saturated rings. The maximum absolute atomic E-state index is 12.4.